The fourth-order valence-electron chi connectivity index (χ4n) is 9.55. The summed E-state index contributed by atoms with van der Waals surface area (Å²) in [5, 5.41) is 44.9. The number of allylic oxidation sites excluding steroid dienone is 1. The van der Waals surface area contributed by atoms with E-state index in [0.29, 0.717) is 12.8 Å². The molecule has 10 unspecified atom stereocenters. The van der Waals surface area contributed by atoms with E-state index < -0.39 is 68.8 Å². The molecular formula is C32H48O8. The Morgan fingerprint density at radius 2 is 1.62 bits per heavy atom. The molecule has 40 heavy (non-hydrogen) atoms. The van der Waals surface area contributed by atoms with Crippen molar-refractivity contribution in [3.8, 4) is 0 Å². The number of esters is 1. The standard InChI is InChI=1S/C32H48O8/c1-17(33)40-27(2,3)13-12-23(36)32(9,39)25-21(35)15-29(6)22-11-10-18-19(14-20(34)26(38)28(18,4)5)31(22,8)24(37)16-30(25,29)7/h10,12-13,19-22,25-26,34-35,38-39H,11,14-16H2,1-9H3/b13-12+. The molecule has 0 bridgehead atoms. The van der Waals surface area contributed by atoms with Gasteiger partial charge in [0.25, 0.3) is 0 Å². The number of fused-ring (bicyclic) bond motifs is 5. The second-order valence-electron chi connectivity index (χ2n) is 15.0. The summed E-state index contributed by atoms with van der Waals surface area (Å²) in [5.41, 5.74) is -5.04. The highest BCUT2D eigenvalue weighted by Gasteiger charge is 2.74. The third-order valence-corrected chi connectivity index (χ3v) is 11.8. The monoisotopic (exact) mass is 560 g/mol. The van der Waals surface area contributed by atoms with Crippen LogP contribution in [0.25, 0.3) is 0 Å². The molecule has 4 aliphatic carbocycles. The van der Waals surface area contributed by atoms with Gasteiger partial charge in [0, 0.05) is 30.1 Å². The van der Waals surface area contributed by atoms with Crippen LogP contribution in [0.15, 0.2) is 23.8 Å². The molecule has 0 heterocycles. The molecule has 0 radical (unpaired) electrons. The lowest BCUT2D eigenvalue weighted by molar-refractivity contribution is -0.186. The first kappa shape index (κ1) is 31.1. The van der Waals surface area contributed by atoms with Gasteiger partial charge in [-0.1, -0.05) is 46.3 Å². The first-order chi connectivity index (χ1) is 18.1. The minimum atomic E-state index is -1.98. The van der Waals surface area contributed by atoms with Crippen molar-refractivity contribution in [2.45, 2.75) is 118 Å². The summed E-state index contributed by atoms with van der Waals surface area (Å²) in [6, 6.07) is 0. The molecule has 3 saturated carbocycles. The Morgan fingerprint density at radius 1 is 1.02 bits per heavy atom. The first-order valence-corrected chi connectivity index (χ1v) is 14.5. The van der Waals surface area contributed by atoms with E-state index in [1.165, 1.54) is 26.0 Å². The van der Waals surface area contributed by atoms with Crippen LogP contribution in [0.5, 0.6) is 0 Å². The van der Waals surface area contributed by atoms with Gasteiger partial charge in [-0.15, -0.1) is 0 Å². The van der Waals surface area contributed by atoms with Gasteiger partial charge in [-0.25, -0.2) is 0 Å². The van der Waals surface area contributed by atoms with Gasteiger partial charge in [0.1, 0.15) is 17.0 Å². The number of hydrogen-bond donors (Lipinski definition) is 4. The molecule has 224 valence electrons. The lowest BCUT2D eigenvalue weighted by atomic mass is 9.38. The summed E-state index contributed by atoms with van der Waals surface area (Å²) in [4.78, 5) is 39.2. The number of Topliss-reactive ketones (excluding diaryl/α,β-unsaturated/α-hetero) is 1. The highest BCUT2D eigenvalue weighted by molar-refractivity contribution is 5.97. The van der Waals surface area contributed by atoms with Crippen molar-refractivity contribution in [3.63, 3.8) is 0 Å². The molecule has 4 rings (SSSR count). The SMILES string of the molecule is CC(=O)OC(C)(C)/C=C/C(=O)C(C)(O)C1C(O)CC2(C)C3CC=C4C(CC(O)C(O)C4(C)C)C3(C)C(=O)CC12C. The van der Waals surface area contributed by atoms with Crippen molar-refractivity contribution in [2.24, 2.45) is 39.4 Å². The Labute approximate surface area is 237 Å². The molecule has 3 fully saturated rings. The molecule has 0 aromatic rings. The zero-order chi connectivity index (χ0) is 30.4. The van der Waals surface area contributed by atoms with Crippen molar-refractivity contribution in [1.29, 1.82) is 0 Å². The molecule has 8 heteroatoms. The summed E-state index contributed by atoms with van der Waals surface area (Å²) >= 11 is 0. The maximum atomic E-state index is 14.3. The minimum Gasteiger partial charge on any atom is -0.456 e. The number of rotatable bonds is 5. The maximum absolute atomic E-state index is 14.3. The topological polar surface area (TPSA) is 141 Å². The van der Waals surface area contributed by atoms with E-state index in [0.717, 1.165) is 5.57 Å². The molecule has 0 saturated heterocycles. The normalized spacial score (nSPS) is 44.2. The van der Waals surface area contributed by atoms with Crippen molar-refractivity contribution in [2.75, 3.05) is 0 Å². The number of ether oxygens (including phenoxy) is 1. The molecule has 0 spiro atoms. The summed E-state index contributed by atoms with van der Waals surface area (Å²) in [7, 11) is 0. The number of aliphatic hydroxyl groups excluding tert-OH is 3. The van der Waals surface area contributed by atoms with Gasteiger partial charge in [-0.05, 0) is 74.9 Å². The van der Waals surface area contributed by atoms with Crippen LogP contribution in [0, 0.1) is 39.4 Å². The van der Waals surface area contributed by atoms with Gasteiger partial charge in [0.15, 0.2) is 5.78 Å². The fourth-order valence-corrected chi connectivity index (χ4v) is 9.55. The Bertz CT molecular complexity index is 1160. The largest absolute Gasteiger partial charge is 0.456 e. The van der Waals surface area contributed by atoms with Gasteiger partial charge in [0.2, 0.25) is 0 Å². The molecule has 0 amide bonds. The molecule has 0 aliphatic heterocycles. The predicted molar refractivity (Wildman–Crippen MR) is 149 cm³/mol. The second-order valence-corrected chi connectivity index (χ2v) is 15.0. The van der Waals surface area contributed by atoms with Crippen LogP contribution < -0.4 is 0 Å². The molecule has 8 nitrogen and oxygen atoms in total. The number of ketones is 2. The number of carbonyl (C=O) groups is 3. The quantitative estimate of drug-likeness (QED) is 0.228. The Balaban J connectivity index is 1.74. The average molecular weight is 561 g/mol. The van der Waals surface area contributed by atoms with Gasteiger partial charge in [0.05, 0.1) is 18.3 Å². The van der Waals surface area contributed by atoms with Crippen LogP contribution in [0.3, 0.4) is 0 Å². The molecule has 0 aromatic carbocycles. The average Bonchev–Trinajstić information content (AvgIpc) is 3.01. The van der Waals surface area contributed by atoms with Crippen molar-refractivity contribution in [3.05, 3.63) is 23.8 Å². The van der Waals surface area contributed by atoms with E-state index in [9.17, 15) is 34.8 Å². The zero-order valence-electron chi connectivity index (χ0n) is 25.4. The molecule has 4 N–H and O–H groups in total. The summed E-state index contributed by atoms with van der Waals surface area (Å²) in [6.07, 6.45) is 3.10. The third-order valence-electron chi connectivity index (χ3n) is 11.8. The number of aliphatic hydroxyl groups is 4. The van der Waals surface area contributed by atoms with Gasteiger partial charge >= 0.3 is 5.97 Å². The van der Waals surface area contributed by atoms with Crippen LogP contribution in [-0.2, 0) is 19.1 Å². The van der Waals surface area contributed by atoms with Gasteiger partial charge in [-0.2, -0.15) is 0 Å². The number of carbonyl (C=O) groups excluding carboxylic acids is 3. The summed E-state index contributed by atoms with van der Waals surface area (Å²) in [6.45, 7) is 15.7. The van der Waals surface area contributed by atoms with E-state index >= 15 is 0 Å². The van der Waals surface area contributed by atoms with Crippen molar-refractivity contribution >= 4 is 17.5 Å². The smallest absolute Gasteiger partial charge is 0.303 e. The fraction of sp³-hybridized carbons (Fsp3) is 0.781. The molecule has 4 aliphatic rings. The Kier molecular flexibility index (Phi) is 7.24. The van der Waals surface area contributed by atoms with Gasteiger partial charge < -0.3 is 25.2 Å². The lowest BCUT2D eigenvalue weighted by Gasteiger charge is -2.65. The summed E-state index contributed by atoms with van der Waals surface area (Å²) < 4.78 is 5.23. The van der Waals surface area contributed by atoms with E-state index in [1.807, 2.05) is 27.7 Å². The predicted octanol–water partition coefficient (Wildman–Crippen LogP) is 3.29. The Morgan fingerprint density at radius 3 is 2.20 bits per heavy atom. The van der Waals surface area contributed by atoms with E-state index in [-0.39, 0.29) is 30.5 Å². The van der Waals surface area contributed by atoms with Crippen molar-refractivity contribution in [1.82, 2.24) is 0 Å². The van der Waals surface area contributed by atoms with Crippen LogP contribution in [-0.4, -0.2) is 67.5 Å². The highest BCUT2D eigenvalue weighted by Crippen LogP contribution is 2.74. The second kappa shape index (κ2) is 9.32. The zero-order valence-corrected chi connectivity index (χ0v) is 25.4. The lowest BCUT2D eigenvalue weighted by Crippen LogP contribution is -2.65. The maximum Gasteiger partial charge on any atom is 0.303 e. The molecule has 0 aromatic heterocycles. The Hall–Kier alpha value is -1.87. The van der Waals surface area contributed by atoms with Crippen molar-refractivity contribution < 1.29 is 39.5 Å². The van der Waals surface area contributed by atoms with Crippen LogP contribution >= 0.6 is 0 Å². The van der Waals surface area contributed by atoms with Crippen LogP contribution in [0.2, 0.25) is 0 Å². The van der Waals surface area contributed by atoms with Crippen LogP contribution in [0.1, 0.15) is 88.0 Å². The van der Waals surface area contributed by atoms with E-state index in [2.05, 4.69) is 13.0 Å². The molecule has 10 atom stereocenters. The summed E-state index contributed by atoms with van der Waals surface area (Å²) in [5.74, 6) is -2.48. The van der Waals surface area contributed by atoms with E-state index in [1.54, 1.807) is 13.8 Å². The highest BCUT2D eigenvalue weighted by atomic mass is 16.6. The molecular weight excluding hydrogens is 512 g/mol. The van der Waals surface area contributed by atoms with Gasteiger partial charge in [-0.3, -0.25) is 14.4 Å². The minimum absolute atomic E-state index is 0.00125. The van der Waals surface area contributed by atoms with E-state index in [4.69, 9.17) is 4.74 Å². The van der Waals surface area contributed by atoms with Crippen LogP contribution in [0.4, 0.5) is 0 Å². The third kappa shape index (κ3) is 4.19. The number of hydrogen-bond acceptors (Lipinski definition) is 8. The first-order valence-electron chi connectivity index (χ1n) is 14.5.